The van der Waals surface area contributed by atoms with Gasteiger partial charge in [0.2, 0.25) is 0 Å². The Balaban J connectivity index is 1.97. The van der Waals surface area contributed by atoms with Gasteiger partial charge in [0.25, 0.3) is 0 Å². The maximum Gasteiger partial charge on any atom is 0.196 e. The van der Waals surface area contributed by atoms with E-state index in [2.05, 4.69) is 36.4 Å². The molecule has 0 aromatic heterocycles. The van der Waals surface area contributed by atoms with Gasteiger partial charge in [0.1, 0.15) is 5.75 Å². The molecule has 0 radical (unpaired) electrons. The summed E-state index contributed by atoms with van der Waals surface area (Å²) >= 11 is 0. The molecular formula is C31H29FO3. The summed E-state index contributed by atoms with van der Waals surface area (Å²) in [6, 6.07) is 31.9. The molecule has 3 nitrogen and oxygen atoms in total. The fraction of sp³-hybridized carbons (Fsp3) is 0.161. The molecule has 0 unspecified atom stereocenters. The molecular weight excluding hydrogens is 439 g/mol. The van der Waals surface area contributed by atoms with Crippen LogP contribution in [0.2, 0.25) is 0 Å². The van der Waals surface area contributed by atoms with Crippen LogP contribution in [0.25, 0.3) is 11.1 Å². The summed E-state index contributed by atoms with van der Waals surface area (Å²) in [5, 5.41) is 0. The van der Waals surface area contributed by atoms with Gasteiger partial charge in [-0.3, -0.25) is 0 Å². The summed E-state index contributed by atoms with van der Waals surface area (Å²) in [7, 11) is 4.62. The first-order chi connectivity index (χ1) is 17.1. The number of methoxy groups -OCH3 is 3. The van der Waals surface area contributed by atoms with Crippen molar-refractivity contribution in [3.05, 3.63) is 125 Å². The lowest BCUT2D eigenvalue weighted by Crippen LogP contribution is -2.02. The van der Waals surface area contributed by atoms with Crippen LogP contribution in [0.5, 0.6) is 17.2 Å². The summed E-state index contributed by atoms with van der Waals surface area (Å²) < 4.78 is 31.3. The van der Waals surface area contributed by atoms with Crippen molar-refractivity contribution in [2.45, 2.75) is 12.8 Å². The van der Waals surface area contributed by atoms with Crippen LogP contribution in [0, 0.1) is 5.82 Å². The van der Waals surface area contributed by atoms with Crippen molar-refractivity contribution in [1.29, 1.82) is 0 Å². The molecule has 0 atom stereocenters. The second kappa shape index (κ2) is 11.4. The van der Waals surface area contributed by atoms with E-state index < -0.39 is 5.82 Å². The highest BCUT2D eigenvalue weighted by atomic mass is 19.1. The minimum absolute atomic E-state index is 0.101. The van der Waals surface area contributed by atoms with E-state index >= 15 is 4.39 Å². The fourth-order valence-corrected chi connectivity index (χ4v) is 4.25. The largest absolute Gasteiger partial charge is 0.497 e. The lowest BCUT2D eigenvalue weighted by Gasteiger charge is -2.19. The van der Waals surface area contributed by atoms with Crippen LogP contribution in [-0.4, -0.2) is 21.3 Å². The van der Waals surface area contributed by atoms with Crippen molar-refractivity contribution in [2.75, 3.05) is 21.3 Å². The van der Waals surface area contributed by atoms with Crippen molar-refractivity contribution in [2.24, 2.45) is 0 Å². The first kappa shape index (κ1) is 24.1. The second-order valence-electron chi connectivity index (χ2n) is 8.20. The van der Waals surface area contributed by atoms with E-state index in [1.807, 2.05) is 54.6 Å². The van der Waals surface area contributed by atoms with E-state index in [1.54, 1.807) is 7.11 Å². The molecule has 0 aliphatic rings. The molecule has 4 rings (SSSR count). The number of allylic oxidation sites excluding steroid dienone is 2. The third-order valence-corrected chi connectivity index (χ3v) is 6.03. The van der Waals surface area contributed by atoms with Gasteiger partial charge in [0, 0.05) is 0 Å². The predicted molar refractivity (Wildman–Crippen MR) is 140 cm³/mol. The van der Waals surface area contributed by atoms with E-state index in [0.29, 0.717) is 18.6 Å². The van der Waals surface area contributed by atoms with Crippen LogP contribution in [0.3, 0.4) is 0 Å². The van der Waals surface area contributed by atoms with Crippen molar-refractivity contribution in [3.8, 4) is 17.2 Å². The number of benzene rings is 4. The molecule has 35 heavy (non-hydrogen) atoms. The third-order valence-electron chi connectivity index (χ3n) is 6.03. The third kappa shape index (κ3) is 5.72. The maximum absolute atomic E-state index is 15.1. The molecule has 0 saturated carbocycles. The second-order valence-corrected chi connectivity index (χ2v) is 8.20. The Morgan fingerprint density at radius 1 is 0.600 bits per heavy atom. The van der Waals surface area contributed by atoms with E-state index in [1.165, 1.54) is 25.8 Å². The molecule has 0 saturated heterocycles. The monoisotopic (exact) mass is 468 g/mol. The Morgan fingerprint density at radius 3 is 1.63 bits per heavy atom. The smallest absolute Gasteiger partial charge is 0.196 e. The van der Waals surface area contributed by atoms with Gasteiger partial charge in [-0.1, -0.05) is 72.8 Å². The van der Waals surface area contributed by atoms with Crippen LogP contribution in [0.4, 0.5) is 4.39 Å². The van der Waals surface area contributed by atoms with Crippen LogP contribution >= 0.6 is 0 Å². The minimum atomic E-state index is -0.457. The highest BCUT2D eigenvalue weighted by Crippen LogP contribution is 2.38. The average Bonchev–Trinajstić information content (AvgIpc) is 2.91. The number of hydrogen-bond donors (Lipinski definition) is 0. The number of ether oxygens (including phenoxy) is 3. The number of halogens is 1. The molecule has 0 fully saturated rings. The van der Waals surface area contributed by atoms with Gasteiger partial charge in [-0.05, 0) is 70.5 Å². The van der Waals surface area contributed by atoms with Gasteiger partial charge in [0.15, 0.2) is 17.3 Å². The number of rotatable bonds is 9. The van der Waals surface area contributed by atoms with E-state index in [-0.39, 0.29) is 5.75 Å². The number of hydrogen-bond acceptors (Lipinski definition) is 3. The Kier molecular flexibility index (Phi) is 7.84. The molecule has 0 amide bonds. The van der Waals surface area contributed by atoms with Crippen LogP contribution in [-0.2, 0) is 12.8 Å². The van der Waals surface area contributed by atoms with E-state index in [4.69, 9.17) is 14.2 Å². The Bertz CT molecular complexity index is 1280. The normalized spacial score (nSPS) is 11.5. The molecule has 178 valence electrons. The fourth-order valence-electron chi connectivity index (χ4n) is 4.25. The molecule has 0 N–H and O–H groups in total. The van der Waals surface area contributed by atoms with Crippen molar-refractivity contribution in [1.82, 2.24) is 0 Å². The summed E-state index contributed by atoms with van der Waals surface area (Å²) in [4.78, 5) is 0. The molecule has 4 heteroatoms. The molecule has 0 aliphatic carbocycles. The Morgan fingerprint density at radius 2 is 1.14 bits per heavy atom. The lowest BCUT2D eigenvalue weighted by atomic mass is 9.86. The highest BCUT2D eigenvalue weighted by molar-refractivity contribution is 5.93. The summed E-state index contributed by atoms with van der Waals surface area (Å²) in [5.41, 5.74) is 6.24. The summed E-state index contributed by atoms with van der Waals surface area (Å²) in [6.45, 7) is 0. The molecule has 0 spiro atoms. The van der Waals surface area contributed by atoms with E-state index in [9.17, 15) is 0 Å². The zero-order valence-corrected chi connectivity index (χ0v) is 20.3. The standard InChI is InChI=1S/C31H29FO3/c1-33-26-16-14-24(15-17-26)27(18-22-10-6-4-7-11-22)28(19-23-12-8-5-9-13-23)25-20-29(32)31(35-3)30(21-25)34-2/h4-17,20-21H,18-19H2,1-3H3. The van der Waals surface area contributed by atoms with Gasteiger partial charge in [-0.25, -0.2) is 4.39 Å². The molecule has 0 heterocycles. The lowest BCUT2D eigenvalue weighted by molar-refractivity contribution is 0.337. The van der Waals surface area contributed by atoms with Gasteiger partial charge < -0.3 is 14.2 Å². The van der Waals surface area contributed by atoms with E-state index in [0.717, 1.165) is 33.6 Å². The Labute approximate surface area is 206 Å². The van der Waals surface area contributed by atoms with Gasteiger partial charge in [-0.2, -0.15) is 0 Å². The van der Waals surface area contributed by atoms with Crippen LogP contribution in [0.15, 0.2) is 97.1 Å². The molecule has 0 bridgehead atoms. The van der Waals surface area contributed by atoms with Crippen molar-refractivity contribution in [3.63, 3.8) is 0 Å². The maximum atomic E-state index is 15.1. The first-order valence-corrected chi connectivity index (χ1v) is 11.5. The average molecular weight is 469 g/mol. The molecule has 4 aromatic carbocycles. The minimum Gasteiger partial charge on any atom is -0.497 e. The Hall–Kier alpha value is -4.05. The topological polar surface area (TPSA) is 27.7 Å². The van der Waals surface area contributed by atoms with Gasteiger partial charge in [-0.15, -0.1) is 0 Å². The van der Waals surface area contributed by atoms with Crippen LogP contribution < -0.4 is 14.2 Å². The predicted octanol–water partition coefficient (Wildman–Crippen LogP) is 7.25. The molecule has 0 aliphatic heterocycles. The zero-order chi connectivity index (χ0) is 24.6. The summed E-state index contributed by atoms with van der Waals surface area (Å²) in [5.74, 6) is 0.794. The van der Waals surface area contributed by atoms with Crippen molar-refractivity contribution < 1.29 is 18.6 Å². The first-order valence-electron chi connectivity index (χ1n) is 11.5. The van der Waals surface area contributed by atoms with Gasteiger partial charge in [0.05, 0.1) is 21.3 Å². The zero-order valence-electron chi connectivity index (χ0n) is 20.3. The summed E-state index contributed by atoms with van der Waals surface area (Å²) in [6.07, 6.45) is 1.31. The van der Waals surface area contributed by atoms with Crippen molar-refractivity contribution >= 4 is 11.1 Å². The van der Waals surface area contributed by atoms with Crippen LogP contribution in [0.1, 0.15) is 22.3 Å². The SMILES string of the molecule is COc1ccc(C(Cc2ccccc2)=C(Cc2ccccc2)c2cc(F)c(OC)c(OC)c2)cc1. The molecule has 4 aromatic rings. The van der Waals surface area contributed by atoms with Gasteiger partial charge >= 0.3 is 0 Å². The highest BCUT2D eigenvalue weighted by Gasteiger charge is 2.19. The quantitative estimate of drug-likeness (QED) is 0.242.